The molecule has 1 N–H and O–H groups in total. The lowest BCUT2D eigenvalue weighted by molar-refractivity contribution is 0.0925. The molecule has 2 rings (SSSR count). The SMILES string of the molecule is CC(C)c1ccc(COC[C@H]2CCNC2)cc1. The molecule has 0 unspecified atom stereocenters. The molecule has 94 valence electrons. The predicted octanol–water partition coefficient (Wildman–Crippen LogP) is 2.94. The molecule has 17 heavy (non-hydrogen) atoms. The Bertz CT molecular complexity index is 325. The van der Waals surface area contributed by atoms with E-state index in [2.05, 4.69) is 43.4 Å². The fourth-order valence-electron chi connectivity index (χ4n) is 2.20. The molecular formula is C15H23NO. The molecule has 0 radical (unpaired) electrons. The van der Waals surface area contributed by atoms with Gasteiger partial charge in [0, 0.05) is 6.54 Å². The van der Waals surface area contributed by atoms with Crippen LogP contribution in [0.15, 0.2) is 24.3 Å². The largest absolute Gasteiger partial charge is 0.376 e. The first-order valence-corrected chi connectivity index (χ1v) is 6.63. The number of nitrogens with one attached hydrogen (secondary N) is 1. The van der Waals surface area contributed by atoms with Crippen LogP contribution in [0.3, 0.4) is 0 Å². The van der Waals surface area contributed by atoms with Gasteiger partial charge < -0.3 is 10.1 Å². The van der Waals surface area contributed by atoms with Gasteiger partial charge in [-0.2, -0.15) is 0 Å². The molecule has 1 aliphatic rings. The molecule has 0 saturated carbocycles. The van der Waals surface area contributed by atoms with Crippen molar-refractivity contribution >= 4 is 0 Å². The van der Waals surface area contributed by atoms with Crippen LogP contribution >= 0.6 is 0 Å². The lowest BCUT2D eigenvalue weighted by Crippen LogP contribution is -2.13. The van der Waals surface area contributed by atoms with Crippen molar-refractivity contribution in [2.75, 3.05) is 19.7 Å². The van der Waals surface area contributed by atoms with E-state index in [1.165, 1.54) is 17.5 Å². The molecule has 1 aliphatic heterocycles. The maximum Gasteiger partial charge on any atom is 0.0717 e. The Morgan fingerprint density at radius 1 is 1.29 bits per heavy atom. The van der Waals surface area contributed by atoms with Gasteiger partial charge in [0.25, 0.3) is 0 Å². The van der Waals surface area contributed by atoms with E-state index in [0.717, 1.165) is 26.3 Å². The van der Waals surface area contributed by atoms with Crippen LogP contribution < -0.4 is 5.32 Å². The van der Waals surface area contributed by atoms with E-state index in [-0.39, 0.29) is 0 Å². The van der Waals surface area contributed by atoms with Gasteiger partial charge in [-0.1, -0.05) is 38.1 Å². The van der Waals surface area contributed by atoms with Gasteiger partial charge in [-0.05, 0) is 35.9 Å². The zero-order valence-corrected chi connectivity index (χ0v) is 10.9. The van der Waals surface area contributed by atoms with Gasteiger partial charge in [-0.15, -0.1) is 0 Å². The molecule has 1 aromatic carbocycles. The highest BCUT2D eigenvalue weighted by Gasteiger charge is 2.13. The van der Waals surface area contributed by atoms with Crippen molar-refractivity contribution < 1.29 is 4.74 Å². The van der Waals surface area contributed by atoms with Crippen molar-refractivity contribution in [1.29, 1.82) is 0 Å². The number of rotatable bonds is 5. The summed E-state index contributed by atoms with van der Waals surface area (Å²) in [5.74, 6) is 1.32. The summed E-state index contributed by atoms with van der Waals surface area (Å²) in [5.41, 5.74) is 2.68. The van der Waals surface area contributed by atoms with E-state index in [9.17, 15) is 0 Å². The Morgan fingerprint density at radius 3 is 2.65 bits per heavy atom. The summed E-state index contributed by atoms with van der Waals surface area (Å²) >= 11 is 0. The summed E-state index contributed by atoms with van der Waals surface area (Å²) in [6.07, 6.45) is 1.26. The monoisotopic (exact) mass is 233 g/mol. The van der Waals surface area contributed by atoms with E-state index >= 15 is 0 Å². The molecule has 1 saturated heterocycles. The molecule has 0 aliphatic carbocycles. The fraction of sp³-hybridized carbons (Fsp3) is 0.600. The molecule has 1 atom stereocenters. The second-order valence-electron chi connectivity index (χ2n) is 5.27. The van der Waals surface area contributed by atoms with Crippen LogP contribution in [-0.4, -0.2) is 19.7 Å². The molecule has 1 aromatic rings. The van der Waals surface area contributed by atoms with E-state index in [4.69, 9.17) is 4.74 Å². The summed E-state index contributed by atoms with van der Waals surface area (Å²) in [4.78, 5) is 0. The van der Waals surface area contributed by atoms with E-state index in [0.29, 0.717) is 11.8 Å². The van der Waals surface area contributed by atoms with Crippen LogP contribution in [0.2, 0.25) is 0 Å². The first kappa shape index (κ1) is 12.6. The van der Waals surface area contributed by atoms with Crippen LogP contribution in [0.4, 0.5) is 0 Å². The van der Waals surface area contributed by atoms with E-state index in [1.54, 1.807) is 0 Å². The third kappa shape index (κ3) is 3.83. The quantitative estimate of drug-likeness (QED) is 0.844. The minimum Gasteiger partial charge on any atom is -0.376 e. The van der Waals surface area contributed by atoms with Crippen LogP contribution in [0, 0.1) is 5.92 Å². The predicted molar refractivity (Wildman–Crippen MR) is 71.2 cm³/mol. The number of hydrogen-bond acceptors (Lipinski definition) is 2. The number of benzene rings is 1. The molecule has 1 fully saturated rings. The maximum absolute atomic E-state index is 5.76. The minimum atomic E-state index is 0.606. The molecule has 2 heteroatoms. The Labute approximate surface area is 104 Å². The van der Waals surface area contributed by atoms with Gasteiger partial charge in [0.1, 0.15) is 0 Å². The summed E-state index contributed by atoms with van der Waals surface area (Å²) in [6.45, 7) is 8.34. The third-order valence-corrected chi connectivity index (χ3v) is 3.43. The van der Waals surface area contributed by atoms with Crippen molar-refractivity contribution in [1.82, 2.24) is 5.32 Å². The van der Waals surface area contributed by atoms with Gasteiger partial charge in [-0.3, -0.25) is 0 Å². The third-order valence-electron chi connectivity index (χ3n) is 3.43. The Kier molecular flexibility index (Phi) is 4.57. The van der Waals surface area contributed by atoms with Crippen molar-refractivity contribution in [3.8, 4) is 0 Å². The van der Waals surface area contributed by atoms with E-state index < -0.39 is 0 Å². The lowest BCUT2D eigenvalue weighted by Gasteiger charge is -2.10. The van der Waals surface area contributed by atoms with Gasteiger partial charge in [-0.25, -0.2) is 0 Å². The summed E-state index contributed by atoms with van der Waals surface area (Å²) in [6, 6.07) is 8.78. The zero-order chi connectivity index (χ0) is 12.1. The summed E-state index contributed by atoms with van der Waals surface area (Å²) in [5, 5.41) is 3.36. The van der Waals surface area contributed by atoms with E-state index in [1.807, 2.05) is 0 Å². The Balaban J connectivity index is 1.74. The number of hydrogen-bond donors (Lipinski definition) is 1. The first-order valence-electron chi connectivity index (χ1n) is 6.63. The smallest absolute Gasteiger partial charge is 0.0717 e. The van der Waals surface area contributed by atoms with Gasteiger partial charge in [0.2, 0.25) is 0 Å². The fourth-order valence-corrected chi connectivity index (χ4v) is 2.20. The lowest BCUT2D eigenvalue weighted by atomic mass is 10.0. The Morgan fingerprint density at radius 2 is 2.06 bits per heavy atom. The van der Waals surface area contributed by atoms with Crippen molar-refractivity contribution in [2.45, 2.75) is 32.8 Å². The van der Waals surface area contributed by atoms with Crippen LogP contribution in [0.5, 0.6) is 0 Å². The number of ether oxygens (including phenoxy) is 1. The highest BCUT2D eigenvalue weighted by Crippen LogP contribution is 2.15. The molecule has 1 heterocycles. The van der Waals surface area contributed by atoms with Crippen LogP contribution in [-0.2, 0) is 11.3 Å². The molecule has 0 amide bonds. The highest BCUT2D eigenvalue weighted by atomic mass is 16.5. The average Bonchev–Trinajstić information content (AvgIpc) is 2.83. The average molecular weight is 233 g/mol. The molecule has 0 bridgehead atoms. The standard InChI is InChI=1S/C15H23NO/c1-12(2)15-5-3-13(4-6-15)10-17-11-14-7-8-16-9-14/h3-6,12,14,16H,7-11H2,1-2H3/t14-/m0/s1. The van der Waals surface area contributed by atoms with Crippen LogP contribution in [0.1, 0.15) is 37.3 Å². The van der Waals surface area contributed by atoms with Crippen LogP contribution in [0.25, 0.3) is 0 Å². The second-order valence-corrected chi connectivity index (χ2v) is 5.27. The van der Waals surface area contributed by atoms with Gasteiger partial charge >= 0.3 is 0 Å². The minimum absolute atomic E-state index is 0.606. The van der Waals surface area contributed by atoms with Crippen molar-refractivity contribution in [2.24, 2.45) is 5.92 Å². The zero-order valence-electron chi connectivity index (χ0n) is 10.9. The summed E-state index contributed by atoms with van der Waals surface area (Å²) < 4.78 is 5.76. The highest BCUT2D eigenvalue weighted by molar-refractivity contribution is 5.24. The van der Waals surface area contributed by atoms with Gasteiger partial charge in [0.05, 0.1) is 13.2 Å². The summed E-state index contributed by atoms with van der Waals surface area (Å²) in [7, 11) is 0. The topological polar surface area (TPSA) is 21.3 Å². The van der Waals surface area contributed by atoms with Gasteiger partial charge in [0.15, 0.2) is 0 Å². The van der Waals surface area contributed by atoms with Crippen molar-refractivity contribution in [3.63, 3.8) is 0 Å². The first-order chi connectivity index (χ1) is 8.25. The molecule has 0 aromatic heterocycles. The Hall–Kier alpha value is -0.860. The molecule has 0 spiro atoms. The maximum atomic E-state index is 5.76. The molecular weight excluding hydrogens is 210 g/mol. The second kappa shape index (κ2) is 6.18. The normalized spacial score (nSPS) is 20.1. The van der Waals surface area contributed by atoms with Crippen molar-refractivity contribution in [3.05, 3.63) is 35.4 Å². The molecule has 2 nitrogen and oxygen atoms in total.